The molecule has 2 aromatic rings. The number of nitrogens with zero attached hydrogens (tertiary/aromatic N) is 4. The molecule has 1 saturated heterocycles. The minimum atomic E-state index is 0.0902. The van der Waals surface area contributed by atoms with Gasteiger partial charge in [0.15, 0.2) is 0 Å². The van der Waals surface area contributed by atoms with Gasteiger partial charge in [-0.1, -0.05) is 19.9 Å². The highest BCUT2D eigenvalue weighted by Crippen LogP contribution is 2.25. The molecule has 0 N–H and O–H groups in total. The molecule has 0 aromatic carbocycles. The molecule has 28 heavy (non-hydrogen) atoms. The number of carbonyl (C=O) groups excluding carboxylic acids is 1. The predicted molar refractivity (Wildman–Crippen MR) is 112 cm³/mol. The molecule has 0 radical (unpaired) electrons. The number of rotatable bonds is 6. The van der Waals surface area contributed by atoms with Crippen LogP contribution in [0.1, 0.15) is 59.5 Å². The minimum absolute atomic E-state index is 0.0902. The van der Waals surface area contributed by atoms with Crippen LogP contribution in [0.15, 0.2) is 18.3 Å². The molecular formula is C21H30N4O2S. The molecule has 1 fully saturated rings. The lowest BCUT2D eigenvalue weighted by Crippen LogP contribution is -2.50. The lowest BCUT2D eigenvalue weighted by Gasteiger charge is -2.36. The van der Waals surface area contributed by atoms with Gasteiger partial charge in [-0.3, -0.25) is 9.69 Å². The van der Waals surface area contributed by atoms with Crippen LogP contribution >= 0.6 is 11.3 Å². The largest absolute Gasteiger partial charge is 0.481 e. The van der Waals surface area contributed by atoms with Crippen molar-refractivity contribution in [2.75, 3.05) is 33.3 Å². The van der Waals surface area contributed by atoms with Gasteiger partial charge in [0.25, 0.3) is 5.91 Å². The predicted octanol–water partition coefficient (Wildman–Crippen LogP) is 3.43. The van der Waals surface area contributed by atoms with E-state index in [-0.39, 0.29) is 5.91 Å². The Hall–Kier alpha value is -1.99. The molecule has 0 bridgehead atoms. The average molecular weight is 403 g/mol. The van der Waals surface area contributed by atoms with Crippen molar-refractivity contribution in [3.8, 4) is 5.88 Å². The first-order valence-electron chi connectivity index (χ1n) is 9.91. The van der Waals surface area contributed by atoms with E-state index in [1.807, 2.05) is 11.0 Å². The molecule has 1 aliphatic heterocycles. The summed E-state index contributed by atoms with van der Waals surface area (Å²) in [6, 6.07) is 4.61. The Bertz CT molecular complexity index is 810. The van der Waals surface area contributed by atoms with Gasteiger partial charge in [0.2, 0.25) is 5.88 Å². The SMILES string of the molecule is COc1nc(C(C)C)ccc1Cc1ncc(C(=O)N2CCN(C(C)C)CC2)s1. The molecule has 152 valence electrons. The zero-order valence-electron chi connectivity index (χ0n) is 17.4. The number of methoxy groups -OCH3 is 1. The van der Waals surface area contributed by atoms with Crippen LogP contribution in [-0.2, 0) is 6.42 Å². The molecule has 1 amide bonds. The van der Waals surface area contributed by atoms with E-state index in [4.69, 9.17) is 4.74 Å². The van der Waals surface area contributed by atoms with Crippen molar-refractivity contribution < 1.29 is 9.53 Å². The summed E-state index contributed by atoms with van der Waals surface area (Å²) in [4.78, 5) is 27.0. The summed E-state index contributed by atoms with van der Waals surface area (Å²) in [7, 11) is 1.64. The Morgan fingerprint density at radius 1 is 1.18 bits per heavy atom. The molecule has 0 unspecified atom stereocenters. The van der Waals surface area contributed by atoms with Crippen molar-refractivity contribution in [1.29, 1.82) is 0 Å². The Morgan fingerprint density at radius 2 is 1.89 bits per heavy atom. The number of piperazine rings is 1. The normalized spacial score (nSPS) is 15.5. The fourth-order valence-electron chi connectivity index (χ4n) is 3.37. The van der Waals surface area contributed by atoms with Crippen LogP contribution < -0.4 is 4.74 Å². The van der Waals surface area contributed by atoms with E-state index in [1.54, 1.807) is 13.3 Å². The summed E-state index contributed by atoms with van der Waals surface area (Å²) in [5, 5.41) is 0.904. The van der Waals surface area contributed by atoms with Gasteiger partial charge in [-0.2, -0.15) is 0 Å². The van der Waals surface area contributed by atoms with Crippen LogP contribution in [0, 0.1) is 0 Å². The maximum absolute atomic E-state index is 12.8. The highest BCUT2D eigenvalue weighted by Gasteiger charge is 2.24. The van der Waals surface area contributed by atoms with E-state index in [9.17, 15) is 4.79 Å². The van der Waals surface area contributed by atoms with Crippen LogP contribution in [0.25, 0.3) is 0 Å². The van der Waals surface area contributed by atoms with Crippen molar-refractivity contribution in [2.45, 2.75) is 46.1 Å². The number of carbonyl (C=O) groups is 1. The lowest BCUT2D eigenvalue weighted by molar-refractivity contribution is 0.0600. The number of hydrogen-bond donors (Lipinski definition) is 0. The molecule has 6 nitrogen and oxygen atoms in total. The smallest absolute Gasteiger partial charge is 0.265 e. The number of pyridine rings is 1. The molecule has 3 heterocycles. The van der Waals surface area contributed by atoms with Crippen LogP contribution in [-0.4, -0.2) is 65.0 Å². The summed E-state index contributed by atoms with van der Waals surface area (Å²) in [5.41, 5.74) is 2.00. The molecule has 1 aliphatic rings. The van der Waals surface area contributed by atoms with Crippen LogP contribution in [0.2, 0.25) is 0 Å². The van der Waals surface area contributed by atoms with Gasteiger partial charge in [-0.15, -0.1) is 11.3 Å². The van der Waals surface area contributed by atoms with E-state index in [0.717, 1.165) is 42.4 Å². The monoisotopic (exact) mass is 402 g/mol. The first kappa shape index (κ1) is 20.7. The third-order valence-corrected chi connectivity index (χ3v) is 6.17. The molecule has 7 heteroatoms. The molecule has 0 aliphatic carbocycles. The Kier molecular flexibility index (Phi) is 6.67. The second kappa shape index (κ2) is 9.01. The fraction of sp³-hybridized carbons (Fsp3) is 0.571. The van der Waals surface area contributed by atoms with Gasteiger partial charge in [0.05, 0.1) is 18.3 Å². The number of ether oxygens (including phenoxy) is 1. The second-order valence-corrected chi connectivity index (χ2v) is 8.89. The molecule has 2 aromatic heterocycles. The van der Waals surface area contributed by atoms with Gasteiger partial charge >= 0.3 is 0 Å². The van der Waals surface area contributed by atoms with Gasteiger partial charge in [0, 0.05) is 49.9 Å². The molecule has 0 spiro atoms. The van der Waals surface area contributed by atoms with Gasteiger partial charge in [0.1, 0.15) is 4.88 Å². The molecule has 0 atom stereocenters. The Morgan fingerprint density at radius 3 is 2.50 bits per heavy atom. The molecular weight excluding hydrogens is 372 g/mol. The van der Waals surface area contributed by atoms with Gasteiger partial charge in [-0.25, -0.2) is 9.97 Å². The first-order chi connectivity index (χ1) is 13.4. The Balaban J connectivity index is 1.67. The van der Waals surface area contributed by atoms with Crippen LogP contribution in [0.5, 0.6) is 5.88 Å². The average Bonchev–Trinajstić information content (AvgIpc) is 3.16. The standard InChI is InChI=1S/C21H30N4O2S/c1-14(2)17-7-6-16(20(23-17)27-5)12-19-22-13-18(28-19)21(26)25-10-8-24(9-11-25)15(3)4/h6-7,13-15H,8-12H2,1-5H3. The van der Waals surface area contributed by atoms with E-state index in [1.165, 1.54) is 11.3 Å². The zero-order chi connectivity index (χ0) is 20.3. The second-order valence-electron chi connectivity index (χ2n) is 7.78. The Labute approximate surface area is 171 Å². The number of hydrogen-bond acceptors (Lipinski definition) is 6. The van der Waals surface area contributed by atoms with Crippen LogP contribution in [0.4, 0.5) is 0 Å². The van der Waals surface area contributed by atoms with E-state index in [2.05, 4.69) is 48.6 Å². The van der Waals surface area contributed by atoms with Crippen molar-refractivity contribution in [1.82, 2.24) is 19.8 Å². The number of thiazole rings is 1. The summed E-state index contributed by atoms with van der Waals surface area (Å²) in [6.45, 7) is 12.0. The molecule has 0 saturated carbocycles. The maximum Gasteiger partial charge on any atom is 0.265 e. The fourth-order valence-corrected chi connectivity index (χ4v) is 4.28. The van der Waals surface area contributed by atoms with Crippen molar-refractivity contribution >= 4 is 17.2 Å². The van der Waals surface area contributed by atoms with Crippen LogP contribution in [0.3, 0.4) is 0 Å². The quantitative estimate of drug-likeness (QED) is 0.741. The lowest BCUT2D eigenvalue weighted by atomic mass is 10.1. The summed E-state index contributed by atoms with van der Waals surface area (Å²) in [6.07, 6.45) is 2.33. The van der Waals surface area contributed by atoms with E-state index >= 15 is 0 Å². The van der Waals surface area contributed by atoms with Gasteiger partial charge in [-0.05, 0) is 25.8 Å². The maximum atomic E-state index is 12.8. The topological polar surface area (TPSA) is 58.6 Å². The number of aromatic nitrogens is 2. The third-order valence-electron chi connectivity index (χ3n) is 5.18. The third kappa shape index (κ3) is 4.70. The van der Waals surface area contributed by atoms with E-state index in [0.29, 0.717) is 29.1 Å². The summed E-state index contributed by atoms with van der Waals surface area (Å²) < 4.78 is 5.47. The number of amides is 1. The first-order valence-corrected chi connectivity index (χ1v) is 10.7. The highest BCUT2D eigenvalue weighted by molar-refractivity contribution is 7.13. The van der Waals surface area contributed by atoms with Gasteiger partial charge < -0.3 is 9.64 Å². The zero-order valence-corrected chi connectivity index (χ0v) is 18.3. The van der Waals surface area contributed by atoms with Crippen molar-refractivity contribution in [3.63, 3.8) is 0 Å². The summed E-state index contributed by atoms with van der Waals surface area (Å²) in [5.74, 6) is 1.08. The summed E-state index contributed by atoms with van der Waals surface area (Å²) >= 11 is 1.47. The van der Waals surface area contributed by atoms with E-state index < -0.39 is 0 Å². The highest BCUT2D eigenvalue weighted by atomic mass is 32.1. The van der Waals surface area contributed by atoms with Crippen molar-refractivity contribution in [3.05, 3.63) is 39.5 Å². The minimum Gasteiger partial charge on any atom is -0.481 e. The van der Waals surface area contributed by atoms with Crippen molar-refractivity contribution in [2.24, 2.45) is 0 Å². The molecule has 3 rings (SSSR count).